The molecule has 0 radical (unpaired) electrons. The minimum Gasteiger partial charge on any atom is -0.344 e. The van der Waals surface area contributed by atoms with Crippen molar-refractivity contribution in [3.05, 3.63) is 0 Å². The van der Waals surface area contributed by atoms with Gasteiger partial charge in [0.15, 0.2) is 0 Å². The van der Waals surface area contributed by atoms with E-state index in [0.29, 0.717) is 25.0 Å². The third-order valence-electron chi connectivity index (χ3n) is 2.65. The Morgan fingerprint density at radius 2 is 2.36 bits per heavy atom. The van der Waals surface area contributed by atoms with Crippen LogP contribution in [-0.2, 0) is 4.79 Å². The van der Waals surface area contributed by atoms with Gasteiger partial charge in [-0.05, 0) is 19.3 Å². The predicted octanol–water partition coefficient (Wildman–Crippen LogP) is 0.466. The Hall–Kier alpha value is -1.01. The van der Waals surface area contributed by atoms with Crippen LogP contribution < -0.4 is 5.32 Å². The van der Waals surface area contributed by atoms with Crippen molar-refractivity contribution in [1.82, 2.24) is 10.2 Å². The molecule has 0 saturated carbocycles. The molecule has 1 fully saturated rings. The Balaban J connectivity index is 2.30. The molecule has 1 N–H and O–H groups in total. The van der Waals surface area contributed by atoms with Crippen LogP contribution in [0.25, 0.3) is 0 Å². The fraction of sp³-hybridized carbons (Fsp3) is 0.727. The molecule has 0 spiro atoms. The number of hydrogen-bond donors (Lipinski definition) is 1. The SMILES string of the molecule is C#CCNC(=O)CN1CC(C)CC1C. The lowest BCUT2D eigenvalue weighted by atomic mass is 10.1. The molecule has 0 aromatic rings. The average molecular weight is 194 g/mol. The van der Waals surface area contributed by atoms with Gasteiger partial charge in [-0.2, -0.15) is 0 Å². The molecule has 0 aromatic carbocycles. The second-order valence-electron chi connectivity index (χ2n) is 4.10. The van der Waals surface area contributed by atoms with Crippen LogP contribution in [0.5, 0.6) is 0 Å². The Morgan fingerprint density at radius 3 is 2.86 bits per heavy atom. The number of carbonyl (C=O) groups is 1. The summed E-state index contributed by atoms with van der Waals surface area (Å²) in [7, 11) is 0. The average Bonchev–Trinajstić information content (AvgIpc) is 2.42. The predicted molar refractivity (Wildman–Crippen MR) is 56.7 cm³/mol. The van der Waals surface area contributed by atoms with Gasteiger partial charge in [0.05, 0.1) is 13.1 Å². The number of nitrogens with zero attached hydrogens (tertiary/aromatic N) is 1. The fourth-order valence-electron chi connectivity index (χ4n) is 2.00. The molecule has 3 nitrogen and oxygen atoms in total. The Labute approximate surface area is 85.9 Å². The minimum atomic E-state index is 0.0314. The molecule has 1 saturated heterocycles. The summed E-state index contributed by atoms with van der Waals surface area (Å²) < 4.78 is 0. The lowest BCUT2D eigenvalue weighted by molar-refractivity contribution is -0.122. The molecule has 1 aliphatic heterocycles. The second-order valence-corrected chi connectivity index (χ2v) is 4.10. The van der Waals surface area contributed by atoms with Crippen LogP contribution in [-0.4, -0.2) is 36.5 Å². The van der Waals surface area contributed by atoms with Gasteiger partial charge in [0.2, 0.25) is 5.91 Å². The molecule has 1 heterocycles. The van der Waals surface area contributed by atoms with E-state index >= 15 is 0 Å². The number of rotatable bonds is 3. The number of terminal acetylenes is 1. The van der Waals surface area contributed by atoms with Crippen LogP contribution in [0.3, 0.4) is 0 Å². The normalized spacial score (nSPS) is 27.2. The molecule has 0 bridgehead atoms. The summed E-state index contributed by atoms with van der Waals surface area (Å²) in [5.41, 5.74) is 0. The maximum absolute atomic E-state index is 11.4. The maximum atomic E-state index is 11.4. The van der Waals surface area contributed by atoms with E-state index in [1.54, 1.807) is 0 Å². The van der Waals surface area contributed by atoms with E-state index in [1.165, 1.54) is 6.42 Å². The summed E-state index contributed by atoms with van der Waals surface area (Å²) >= 11 is 0. The summed E-state index contributed by atoms with van der Waals surface area (Å²) in [6.07, 6.45) is 6.24. The quantitative estimate of drug-likeness (QED) is 0.662. The van der Waals surface area contributed by atoms with Crippen molar-refractivity contribution in [3.8, 4) is 12.3 Å². The first kappa shape index (κ1) is 11.1. The van der Waals surface area contributed by atoms with Crippen LogP contribution in [0.15, 0.2) is 0 Å². The molecule has 0 aromatic heterocycles. The first-order valence-corrected chi connectivity index (χ1v) is 5.07. The van der Waals surface area contributed by atoms with Crippen LogP contribution in [0.1, 0.15) is 20.3 Å². The van der Waals surface area contributed by atoms with Crippen LogP contribution in [0, 0.1) is 18.3 Å². The summed E-state index contributed by atoms with van der Waals surface area (Å²) in [4.78, 5) is 13.6. The molecule has 78 valence electrons. The molecule has 3 heteroatoms. The molecule has 1 amide bonds. The van der Waals surface area contributed by atoms with Crippen molar-refractivity contribution in [2.75, 3.05) is 19.6 Å². The van der Waals surface area contributed by atoms with Gasteiger partial charge in [0, 0.05) is 12.6 Å². The summed E-state index contributed by atoms with van der Waals surface area (Å²) in [6, 6.07) is 0.515. The van der Waals surface area contributed by atoms with Crippen LogP contribution in [0.2, 0.25) is 0 Å². The van der Waals surface area contributed by atoms with Crippen molar-refractivity contribution in [2.45, 2.75) is 26.3 Å². The zero-order chi connectivity index (χ0) is 10.6. The molecule has 1 aliphatic rings. The van der Waals surface area contributed by atoms with Gasteiger partial charge in [0.1, 0.15) is 0 Å². The van der Waals surface area contributed by atoms with Gasteiger partial charge < -0.3 is 5.32 Å². The van der Waals surface area contributed by atoms with E-state index in [0.717, 1.165) is 6.54 Å². The second kappa shape index (κ2) is 5.02. The topological polar surface area (TPSA) is 32.3 Å². The van der Waals surface area contributed by atoms with Gasteiger partial charge >= 0.3 is 0 Å². The monoisotopic (exact) mass is 194 g/mol. The molecular weight excluding hydrogens is 176 g/mol. The van der Waals surface area contributed by atoms with Crippen molar-refractivity contribution >= 4 is 5.91 Å². The standard InChI is InChI=1S/C11H18N2O/c1-4-5-12-11(14)8-13-7-9(2)6-10(13)3/h1,9-10H,5-8H2,2-3H3,(H,12,14). The lowest BCUT2D eigenvalue weighted by Gasteiger charge is -2.19. The summed E-state index contributed by atoms with van der Waals surface area (Å²) in [5.74, 6) is 3.12. The van der Waals surface area contributed by atoms with E-state index in [9.17, 15) is 4.79 Å². The first-order valence-electron chi connectivity index (χ1n) is 5.07. The highest BCUT2D eigenvalue weighted by atomic mass is 16.2. The van der Waals surface area contributed by atoms with E-state index in [4.69, 9.17) is 6.42 Å². The number of carbonyl (C=O) groups excluding carboxylic acids is 1. The van der Waals surface area contributed by atoms with Gasteiger partial charge in [-0.3, -0.25) is 9.69 Å². The van der Waals surface area contributed by atoms with Crippen molar-refractivity contribution in [2.24, 2.45) is 5.92 Å². The summed E-state index contributed by atoms with van der Waals surface area (Å²) in [5, 5.41) is 2.68. The Bertz CT molecular complexity index is 244. The Kier molecular flexibility index (Phi) is 3.97. The zero-order valence-corrected chi connectivity index (χ0v) is 8.92. The third kappa shape index (κ3) is 3.04. The molecule has 2 unspecified atom stereocenters. The number of likely N-dealkylation sites (tertiary alicyclic amines) is 1. The summed E-state index contributed by atoms with van der Waals surface area (Å²) in [6.45, 7) is 6.21. The van der Waals surface area contributed by atoms with E-state index in [2.05, 4.69) is 30.0 Å². The number of hydrogen-bond acceptors (Lipinski definition) is 2. The smallest absolute Gasteiger partial charge is 0.234 e. The molecule has 2 atom stereocenters. The van der Waals surface area contributed by atoms with E-state index in [1.807, 2.05) is 0 Å². The zero-order valence-electron chi connectivity index (χ0n) is 8.92. The number of amides is 1. The van der Waals surface area contributed by atoms with Crippen LogP contribution >= 0.6 is 0 Å². The van der Waals surface area contributed by atoms with Gasteiger partial charge in [-0.1, -0.05) is 12.8 Å². The highest BCUT2D eigenvalue weighted by molar-refractivity contribution is 5.78. The molecular formula is C11H18N2O. The Morgan fingerprint density at radius 1 is 1.64 bits per heavy atom. The molecule has 1 rings (SSSR count). The van der Waals surface area contributed by atoms with Crippen LogP contribution in [0.4, 0.5) is 0 Å². The molecule has 14 heavy (non-hydrogen) atoms. The lowest BCUT2D eigenvalue weighted by Crippen LogP contribution is -2.39. The third-order valence-corrected chi connectivity index (χ3v) is 2.65. The van der Waals surface area contributed by atoms with Gasteiger partial charge in [0.25, 0.3) is 0 Å². The van der Waals surface area contributed by atoms with Gasteiger partial charge in [-0.25, -0.2) is 0 Å². The van der Waals surface area contributed by atoms with Crippen molar-refractivity contribution < 1.29 is 4.79 Å². The van der Waals surface area contributed by atoms with Gasteiger partial charge in [-0.15, -0.1) is 6.42 Å². The molecule has 0 aliphatic carbocycles. The highest BCUT2D eigenvalue weighted by Crippen LogP contribution is 2.21. The highest BCUT2D eigenvalue weighted by Gasteiger charge is 2.27. The van der Waals surface area contributed by atoms with E-state index in [-0.39, 0.29) is 5.91 Å². The van der Waals surface area contributed by atoms with E-state index < -0.39 is 0 Å². The maximum Gasteiger partial charge on any atom is 0.234 e. The van der Waals surface area contributed by atoms with Crippen molar-refractivity contribution in [3.63, 3.8) is 0 Å². The first-order chi connectivity index (χ1) is 6.63. The largest absolute Gasteiger partial charge is 0.344 e. The number of nitrogens with one attached hydrogen (secondary N) is 1. The van der Waals surface area contributed by atoms with Crippen molar-refractivity contribution in [1.29, 1.82) is 0 Å². The fourth-order valence-corrected chi connectivity index (χ4v) is 2.00. The minimum absolute atomic E-state index is 0.0314.